The fraction of sp³-hybridized carbons (Fsp3) is 0.480. The second-order valence-electron chi connectivity index (χ2n) is 9.46. The number of carbonyl (C=O) groups excluding carboxylic acids is 1. The number of nitrogens with one attached hydrogen (secondary N) is 2. The Labute approximate surface area is 188 Å². The Bertz CT molecular complexity index is 1060. The van der Waals surface area contributed by atoms with E-state index in [1.807, 2.05) is 57.2 Å². The Balaban J connectivity index is 1.25. The molecule has 0 aliphatic carbocycles. The zero-order valence-corrected chi connectivity index (χ0v) is 19.1. The highest BCUT2D eigenvalue weighted by molar-refractivity contribution is 6.10. The van der Waals surface area contributed by atoms with Crippen molar-refractivity contribution in [2.45, 2.75) is 51.4 Å². The van der Waals surface area contributed by atoms with Crippen LogP contribution in [0, 0.1) is 0 Å². The molecule has 0 saturated carbocycles. The van der Waals surface area contributed by atoms with Gasteiger partial charge in [0, 0.05) is 42.0 Å². The Morgan fingerprint density at radius 3 is 2.62 bits per heavy atom. The second kappa shape index (κ2) is 9.38. The Morgan fingerprint density at radius 2 is 1.88 bits per heavy atom. The molecule has 1 saturated heterocycles. The van der Waals surface area contributed by atoms with Crippen LogP contribution in [0.2, 0.25) is 0 Å². The molecule has 1 fully saturated rings. The third kappa shape index (κ3) is 5.34. The van der Waals surface area contributed by atoms with Crippen LogP contribution in [0.15, 0.2) is 42.5 Å². The molecule has 1 aliphatic rings. The van der Waals surface area contributed by atoms with E-state index in [0.29, 0.717) is 19.6 Å². The quantitative estimate of drug-likeness (QED) is 0.539. The molecule has 2 aromatic carbocycles. The van der Waals surface area contributed by atoms with Crippen LogP contribution in [0.5, 0.6) is 5.75 Å². The number of amides is 1. The summed E-state index contributed by atoms with van der Waals surface area (Å²) in [5.41, 5.74) is 1.61. The number of aromatic nitrogens is 1. The molecule has 7 heteroatoms. The Morgan fingerprint density at radius 1 is 1.16 bits per heavy atom. The number of fused-ring (bicyclic) bond motifs is 3. The van der Waals surface area contributed by atoms with Crippen LogP contribution < -0.4 is 10.1 Å². The minimum absolute atomic E-state index is 0.211. The summed E-state index contributed by atoms with van der Waals surface area (Å²) in [5.74, 6) is 0.768. The summed E-state index contributed by atoms with van der Waals surface area (Å²) in [5, 5.41) is 16.0. The standard InChI is InChI=1S/C25H33N3O4/c1-25(2,3)32-24(30)28-13-11-17(12-14-28)26-15-18(29)16-31-22-10-6-9-21-23(22)19-7-4-5-8-20(19)27-21/h4-10,17-18,26-27,29H,11-16H2,1-3H3. The number of hydrogen-bond acceptors (Lipinski definition) is 5. The van der Waals surface area contributed by atoms with Crippen LogP contribution in [0.25, 0.3) is 21.8 Å². The van der Waals surface area contributed by atoms with E-state index in [2.05, 4.69) is 16.4 Å². The van der Waals surface area contributed by atoms with Crippen molar-refractivity contribution in [3.05, 3.63) is 42.5 Å². The molecular formula is C25H33N3O4. The van der Waals surface area contributed by atoms with E-state index in [0.717, 1.165) is 40.4 Å². The molecule has 1 atom stereocenters. The fourth-order valence-electron chi connectivity index (χ4n) is 4.13. The maximum Gasteiger partial charge on any atom is 0.410 e. The highest BCUT2D eigenvalue weighted by atomic mass is 16.6. The Hall–Kier alpha value is -2.77. The lowest BCUT2D eigenvalue weighted by Gasteiger charge is -2.34. The summed E-state index contributed by atoms with van der Waals surface area (Å²) in [4.78, 5) is 17.3. The van der Waals surface area contributed by atoms with Gasteiger partial charge in [0.25, 0.3) is 0 Å². The number of aliphatic hydroxyl groups is 1. The van der Waals surface area contributed by atoms with Crippen molar-refractivity contribution in [1.29, 1.82) is 0 Å². The van der Waals surface area contributed by atoms with Crippen molar-refractivity contribution >= 4 is 27.9 Å². The molecule has 1 amide bonds. The van der Waals surface area contributed by atoms with Gasteiger partial charge in [-0.3, -0.25) is 0 Å². The molecule has 3 N–H and O–H groups in total. The molecular weight excluding hydrogens is 406 g/mol. The smallest absolute Gasteiger partial charge is 0.410 e. The van der Waals surface area contributed by atoms with Gasteiger partial charge in [-0.25, -0.2) is 4.79 Å². The first-order chi connectivity index (χ1) is 15.3. The van der Waals surface area contributed by atoms with Gasteiger partial charge in [0.05, 0.1) is 5.52 Å². The zero-order valence-electron chi connectivity index (χ0n) is 19.1. The number of para-hydroxylation sites is 1. The lowest BCUT2D eigenvalue weighted by molar-refractivity contribution is 0.0192. The van der Waals surface area contributed by atoms with Crippen LogP contribution in [0.3, 0.4) is 0 Å². The van der Waals surface area contributed by atoms with Gasteiger partial charge in [-0.15, -0.1) is 0 Å². The average molecular weight is 440 g/mol. The van der Waals surface area contributed by atoms with Gasteiger partial charge in [-0.1, -0.05) is 24.3 Å². The molecule has 1 unspecified atom stereocenters. The molecule has 0 radical (unpaired) electrons. The molecule has 2 heterocycles. The van der Waals surface area contributed by atoms with E-state index in [1.165, 1.54) is 0 Å². The zero-order chi connectivity index (χ0) is 22.7. The lowest BCUT2D eigenvalue weighted by Crippen LogP contribution is -2.48. The average Bonchev–Trinajstić information content (AvgIpc) is 3.14. The van der Waals surface area contributed by atoms with E-state index >= 15 is 0 Å². The number of likely N-dealkylation sites (tertiary alicyclic amines) is 1. The van der Waals surface area contributed by atoms with Crippen molar-refractivity contribution in [1.82, 2.24) is 15.2 Å². The van der Waals surface area contributed by atoms with E-state index in [-0.39, 0.29) is 18.7 Å². The molecule has 32 heavy (non-hydrogen) atoms. The molecule has 172 valence electrons. The van der Waals surface area contributed by atoms with E-state index < -0.39 is 11.7 Å². The number of nitrogens with zero attached hydrogens (tertiary/aromatic N) is 1. The molecule has 4 rings (SSSR count). The summed E-state index contributed by atoms with van der Waals surface area (Å²) in [7, 11) is 0. The first-order valence-electron chi connectivity index (χ1n) is 11.3. The predicted molar refractivity (Wildman–Crippen MR) is 126 cm³/mol. The maximum absolute atomic E-state index is 12.2. The summed E-state index contributed by atoms with van der Waals surface area (Å²) < 4.78 is 11.4. The summed E-state index contributed by atoms with van der Waals surface area (Å²) in [6.07, 6.45) is 0.790. The van der Waals surface area contributed by atoms with Crippen molar-refractivity contribution in [3.63, 3.8) is 0 Å². The SMILES string of the molecule is CC(C)(C)OC(=O)N1CCC(NCC(O)COc2cccc3[nH]c4ccccc4c23)CC1. The van der Waals surface area contributed by atoms with Crippen LogP contribution in [0.1, 0.15) is 33.6 Å². The van der Waals surface area contributed by atoms with Crippen molar-refractivity contribution < 1.29 is 19.4 Å². The van der Waals surface area contributed by atoms with Gasteiger partial charge < -0.3 is 29.8 Å². The van der Waals surface area contributed by atoms with Crippen LogP contribution in [0.4, 0.5) is 4.79 Å². The number of H-pyrrole nitrogens is 1. The largest absolute Gasteiger partial charge is 0.490 e. The van der Waals surface area contributed by atoms with Crippen LogP contribution in [-0.4, -0.2) is 65.1 Å². The summed E-state index contributed by atoms with van der Waals surface area (Å²) in [6.45, 7) is 7.59. The van der Waals surface area contributed by atoms with E-state index in [4.69, 9.17) is 9.47 Å². The van der Waals surface area contributed by atoms with Crippen molar-refractivity contribution in [3.8, 4) is 5.75 Å². The third-order valence-corrected chi connectivity index (χ3v) is 5.71. The van der Waals surface area contributed by atoms with Crippen LogP contribution in [-0.2, 0) is 4.74 Å². The molecule has 7 nitrogen and oxygen atoms in total. The minimum Gasteiger partial charge on any atom is -0.490 e. The number of rotatable bonds is 6. The predicted octanol–water partition coefficient (Wildman–Crippen LogP) is 4.05. The molecule has 3 aromatic rings. The minimum atomic E-state index is -0.626. The van der Waals surface area contributed by atoms with E-state index in [9.17, 15) is 9.90 Å². The third-order valence-electron chi connectivity index (χ3n) is 5.71. The first-order valence-corrected chi connectivity index (χ1v) is 11.3. The van der Waals surface area contributed by atoms with Gasteiger partial charge in [0.15, 0.2) is 0 Å². The first kappa shape index (κ1) is 22.4. The Kier molecular flexibility index (Phi) is 6.58. The normalized spacial score (nSPS) is 16.4. The van der Waals surface area contributed by atoms with Crippen molar-refractivity contribution in [2.24, 2.45) is 0 Å². The molecule has 1 aromatic heterocycles. The second-order valence-corrected chi connectivity index (χ2v) is 9.46. The van der Waals surface area contributed by atoms with Crippen molar-refractivity contribution in [2.75, 3.05) is 26.2 Å². The number of hydrogen-bond donors (Lipinski definition) is 3. The van der Waals surface area contributed by atoms with Crippen LogP contribution >= 0.6 is 0 Å². The number of piperidine rings is 1. The maximum atomic E-state index is 12.2. The topological polar surface area (TPSA) is 86.8 Å². The van der Waals surface area contributed by atoms with Gasteiger partial charge in [0.2, 0.25) is 0 Å². The highest BCUT2D eigenvalue weighted by Gasteiger charge is 2.27. The fourth-order valence-corrected chi connectivity index (χ4v) is 4.13. The monoisotopic (exact) mass is 439 g/mol. The number of benzene rings is 2. The van der Waals surface area contributed by atoms with Gasteiger partial charge in [-0.2, -0.15) is 0 Å². The van der Waals surface area contributed by atoms with Gasteiger partial charge in [0.1, 0.15) is 24.1 Å². The number of carbonyl (C=O) groups is 1. The number of aliphatic hydroxyl groups excluding tert-OH is 1. The molecule has 0 spiro atoms. The number of ether oxygens (including phenoxy) is 2. The number of aromatic amines is 1. The van der Waals surface area contributed by atoms with Gasteiger partial charge >= 0.3 is 6.09 Å². The lowest BCUT2D eigenvalue weighted by atomic mass is 10.1. The summed E-state index contributed by atoms with van der Waals surface area (Å²) in [6, 6.07) is 14.3. The molecule has 0 bridgehead atoms. The van der Waals surface area contributed by atoms with Gasteiger partial charge in [-0.05, 0) is 51.8 Å². The highest BCUT2D eigenvalue weighted by Crippen LogP contribution is 2.33. The summed E-state index contributed by atoms with van der Waals surface area (Å²) >= 11 is 0. The van der Waals surface area contributed by atoms with E-state index in [1.54, 1.807) is 4.90 Å². The molecule has 1 aliphatic heterocycles.